The maximum absolute atomic E-state index is 3.98. The third-order valence-corrected chi connectivity index (χ3v) is 2.54. The van der Waals surface area contributed by atoms with Gasteiger partial charge < -0.3 is 10.6 Å². The highest BCUT2D eigenvalue weighted by atomic mass is 14.9. The molecule has 2 nitrogen and oxygen atoms in total. The molecular weight excluding hydrogens is 196 g/mol. The molecule has 0 spiro atoms. The fourth-order valence-electron chi connectivity index (χ4n) is 1.23. The van der Waals surface area contributed by atoms with Crippen LogP contribution in [0, 0.1) is 5.92 Å². The number of allylic oxidation sites excluding steroid dienone is 1. The number of hydrogen-bond donors (Lipinski definition) is 2. The predicted molar refractivity (Wildman–Crippen MR) is 72.1 cm³/mol. The lowest BCUT2D eigenvalue weighted by Crippen LogP contribution is -2.05. The van der Waals surface area contributed by atoms with Gasteiger partial charge in [-0.3, -0.25) is 0 Å². The quantitative estimate of drug-likeness (QED) is 0.787. The number of nitrogens with one attached hydrogen (secondary N) is 2. The zero-order valence-electron chi connectivity index (χ0n) is 10.3. The average Bonchev–Trinajstić information content (AvgIpc) is 2.28. The van der Waals surface area contributed by atoms with Gasteiger partial charge in [0.2, 0.25) is 0 Å². The van der Waals surface area contributed by atoms with E-state index in [0.29, 0.717) is 5.92 Å². The Morgan fingerprint density at radius 2 is 1.69 bits per heavy atom. The third-order valence-electron chi connectivity index (χ3n) is 2.54. The van der Waals surface area contributed by atoms with Gasteiger partial charge in [-0.1, -0.05) is 39.1 Å². The van der Waals surface area contributed by atoms with Crippen molar-refractivity contribution in [1.29, 1.82) is 0 Å². The van der Waals surface area contributed by atoms with E-state index in [1.165, 1.54) is 0 Å². The summed E-state index contributed by atoms with van der Waals surface area (Å²) in [4.78, 5) is 0. The zero-order chi connectivity index (χ0) is 12.1. The average molecular weight is 216 g/mol. The van der Waals surface area contributed by atoms with Gasteiger partial charge in [0.15, 0.2) is 0 Å². The summed E-state index contributed by atoms with van der Waals surface area (Å²) in [6.07, 6.45) is 0. The van der Waals surface area contributed by atoms with E-state index >= 15 is 0 Å². The topological polar surface area (TPSA) is 24.1 Å². The first-order chi connectivity index (χ1) is 7.54. The fraction of sp³-hybridized carbons (Fsp3) is 0.286. The molecule has 1 aromatic rings. The van der Waals surface area contributed by atoms with Crippen LogP contribution in [0.3, 0.4) is 0 Å². The molecular formula is C14H20N2. The Kier molecular flexibility index (Phi) is 4.18. The van der Waals surface area contributed by atoms with Crippen molar-refractivity contribution in [1.82, 2.24) is 5.32 Å². The normalized spacial score (nSPS) is 10.0. The lowest BCUT2D eigenvalue weighted by atomic mass is 10.1. The molecule has 0 saturated carbocycles. The molecule has 0 aromatic heterocycles. The van der Waals surface area contributed by atoms with E-state index in [4.69, 9.17) is 0 Å². The van der Waals surface area contributed by atoms with Crippen molar-refractivity contribution in [3.05, 3.63) is 48.7 Å². The Bertz CT molecular complexity index is 374. The Labute approximate surface area is 98.1 Å². The van der Waals surface area contributed by atoms with Crippen LogP contribution in [0.2, 0.25) is 0 Å². The zero-order valence-corrected chi connectivity index (χ0v) is 10.3. The first kappa shape index (κ1) is 12.4. The van der Waals surface area contributed by atoms with Crippen LogP contribution in [-0.4, -0.2) is 7.05 Å². The molecule has 2 heteroatoms. The highest BCUT2D eigenvalue weighted by molar-refractivity contribution is 5.64. The second-order valence-corrected chi connectivity index (χ2v) is 4.11. The first-order valence-electron chi connectivity index (χ1n) is 5.47. The Morgan fingerprint density at radius 3 is 2.12 bits per heavy atom. The van der Waals surface area contributed by atoms with E-state index in [2.05, 4.69) is 37.6 Å². The smallest absolute Gasteiger partial charge is 0.0382 e. The fourth-order valence-corrected chi connectivity index (χ4v) is 1.23. The molecule has 1 rings (SSSR count). The van der Waals surface area contributed by atoms with E-state index < -0.39 is 0 Å². The summed E-state index contributed by atoms with van der Waals surface area (Å²) in [6.45, 7) is 12.1. The maximum Gasteiger partial charge on any atom is 0.0382 e. The molecule has 0 fully saturated rings. The number of rotatable bonds is 5. The summed E-state index contributed by atoms with van der Waals surface area (Å²) in [7, 11) is 1.87. The van der Waals surface area contributed by atoms with E-state index in [1.807, 2.05) is 31.3 Å². The van der Waals surface area contributed by atoms with Crippen LogP contribution in [0.4, 0.5) is 5.69 Å². The Hall–Kier alpha value is -1.70. The van der Waals surface area contributed by atoms with Crippen molar-refractivity contribution in [2.24, 2.45) is 5.92 Å². The lowest BCUT2D eigenvalue weighted by molar-refractivity contribution is 0.778. The van der Waals surface area contributed by atoms with Crippen LogP contribution >= 0.6 is 0 Å². The highest BCUT2D eigenvalue weighted by Gasteiger charge is 2.01. The summed E-state index contributed by atoms with van der Waals surface area (Å²) in [5.41, 5.74) is 4.11. The van der Waals surface area contributed by atoms with Gasteiger partial charge in [-0.2, -0.15) is 0 Å². The molecule has 2 N–H and O–H groups in total. The lowest BCUT2D eigenvalue weighted by Gasteiger charge is -2.13. The predicted octanol–water partition coefficient (Wildman–Crippen LogP) is 3.46. The second-order valence-electron chi connectivity index (χ2n) is 4.11. The maximum atomic E-state index is 3.98. The van der Waals surface area contributed by atoms with Gasteiger partial charge in [-0.05, 0) is 23.6 Å². The van der Waals surface area contributed by atoms with Crippen molar-refractivity contribution in [3.63, 3.8) is 0 Å². The van der Waals surface area contributed by atoms with Crippen molar-refractivity contribution in [2.45, 2.75) is 13.8 Å². The van der Waals surface area contributed by atoms with E-state index in [1.54, 1.807) is 0 Å². The molecule has 0 radical (unpaired) electrons. The largest absolute Gasteiger partial charge is 0.388 e. The number of anilines is 1. The minimum atomic E-state index is 0.437. The van der Waals surface area contributed by atoms with Gasteiger partial charge in [0.25, 0.3) is 0 Å². The molecule has 0 aliphatic heterocycles. The van der Waals surface area contributed by atoms with Crippen molar-refractivity contribution >= 4 is 11.4 Å². The minimum Gasteiger partial charge on any atom is -0.388 e. The minimum absolute atomic E-state index is 0.437. The first-order valence-corrected chi connectivity index (χ1v) is 5.47. The van der Waals surface area contributed by atoms with Crippen LogP contribution in [0.5, 0.6) is 0 Å². The van der Waals surface area contributed by atoms with Crippen LogP contribution in [-0.2, 0) is 0 Å². The second kappa shape index (κ2) is 5.40. The molecule has 0 heterocycles. The number of benzene rings is 1. The van der Waals surface area contributed by atoms with E-state index in [9.17, 15) is 0 Å². The number of hydrogen-bond acceptors (Lipinski definition) is 2. The molecule has 1 aromatic carbocycles. The molecule has 0 saturated heterocycles. The SMILES string of the molecule is C=C(NC)c1ccc(NC(=C)C(C)C)cc1. The molecule has 86 valence electrons. The van der Waals surface area contributed by atoms with Crippen molar-refractivity contribution in [2.75, 3.05) is 12.4 Å². The van der Waals surface area contributed by atoms with Gasteiger partial charge in [-0.15, -0.1) is 0 Å². The van der Waals surface area contributed by atoms with Crippen molar-refractivity contribution < 1.29 is 0 Å². The molecule has 0 atom stereocenters. The molecule has 0 aliphatic carbocycles. The summed E-state index contributed by atoms with van der Waals surface area (Å²) < 4.78 is 0. The summed E-state index contributed by atoms with van der Waals surface area (Å²) in [5, 5.41) is 6.31. The monoisotopic (exact) mass is 216 g/mol. The summed E-state index contributed by atoms with van der Waals surface area (Å²) in [5.74, 6) is 0.437. The summed E-state index contributed by atoms with van der Waals surface area (Å²) >= 11 is 0. The molecule has 16 heavy (non-hydrogen) atoms. The molecule has 0 bridgehead atoms. The highest BCUT2D eigenvalue weighted by Crippen LogP contribution is 2.17. The van der Waals surface area contributed by atoms with Gasteiger partial charge in [0.1, 0.15) is 0 Å². The van der Waals surface area contributed by atoms with Crippen LogP contribution in [0.25, 0.3) is 5.70 Å². The molecule has 0 amide bonds. The summed E-state index contributed by atoms with van der Waals surface area (Å²) in [6, 6.07) is 8.14. The van der Waals surface area contributed by atoms with Crippen LogP contribution < -0.4 is 10.6 Å². The molecule has 0 aliphatic rings. The standard InChI is InChI=1S/C14H20N2/c1-10(2)11(3)16-14-8-6-13(7-9-14)12(4)15-5/h6-10,15-16H,3-4H2,1-2,5H3. The Balaban J connectivity index is 2.72. The molecule has 0 unspecified atom stereocenters. The van der Waals surface area contributed by atoms with Crippen LogP contribution in [0.1, 0.15) is 19.4 Å². The van der Waals surface area contributed by atoms with Crippen molar-refractivity contribution in [3.8, 4) is 0 Å². The van der Waals surface area contributed by atoms with Crippen LogP contribution in [0.15, 0.2) is 43.1 Å². The van der Waals surface area contributed by atoms with Gasteiger partial charge in [0, 0.05) is 24.1 Å². The van der Waals surface area contributed by atoms with E-state index in [0.717, 1.165) is 22.6 Å². The van der Waals surface area contributed by atoms with Gasteiger partial charge >= 0.3 is 0 Å². The van der Waals surface area contributed by atoms with E-state index in [-0.39, 0.29) is 0 Å². The van der Waals surface area contributed by atoms with Gasteiger partial charge in [0.05, 0.1) is 0 Å². The Morgan fingerprint density at radius 1 is 1.12 bits per heavy atom. The third kappa shape index (κ3) is 3.16. The van der Waals surface area contributed by atoms with Gasteiger partial charge in [-0.25, -0.2) is 0 Å².